The van der Waals surface area contributed by atoms with Crippen LogP contribution < -0.4 is 4.90 Å². The second kappa shape index (κ2) is 9.11. The molecule has 0 fully saturated rings. The first-order valence-electron chi connectivity index (χ1n) is 11.4. The average molecular weight is 476 g/mol. The van der Waals surface area contributed by atoms with Gasteiger partial charge >= 0.3 is 0 Å². The first-order chi connectivity index (χ1) is 16.1. The normalized spacial score (nSPS) is 16.6. The fraction of sp³-hybridized carbons (Fsp3) is 0.250. The van der Waals surface area contributed by atoms with Gasteiger partial charge in [0.15, 0.2) is 5.76 Å². The van der Waals surface area contributed by atoms with Crippen LogP contribution in [0.4, 0.5) is 5.69 Å². The van der Waals surface area contributed by atoms with E-state index in [2.05, 4.69) is 13.8 Å². The summed E-state index contributed by atoms with van der Waals surface area (Å²) in [6.45, 7) is 8.06. The predicted molar refractivity (Wildman–Crippen MR) is 135 cm³/mol. The van der Waals surface area contributed by atoms with Crippen LogP contribution in [0.1, 0.15) is 55.0 Å². The van der Waals surface area contributed by atoms with E-state index in [9.17, 15) is 18.3 Å². The van der Waals surface area contributed by atoms with Gasteiger partial charge in [-0.1, -0.05) is 74.9 Å². The van der Waals surface area contributed by atoms with Crippen LogP contribution in [-0.2, 0) is 21.1 Å². The molecule has 0 aliphatic carbocycles. The van der Waals surface area contributed by atoms with Gasteiger partial charge in [0.1, 0.15) is 10.9 Å². The minimum absolute atomic E-state index is 0.0413. The quantitative estimate of drug-likeness (QED) is 0.474. The van der Waals surface area contributed by atoms with Crippen LogP contribution >= 0.6 is 0 Å². The molecule has 5 nitrogen and oxygen atoms in total. The van der Waals surface area contributed by atoms with Crippen LogP contribution in [0.15, 0.2) is 88.4 Å². The van der Waals surface area contributed by atoms with Crippen LogP contribution in [0.25, 0.3) is 0 Å². The summed E-state index contributed by atoms with van der Waals surface area (Å²) in [5.74, 6) is -1.16. The molecule has 4 rings (SSSR count). The number of hydrogen-bond acceptors (Lipinski definition) is 4. The minimum Gasteiger partial charge on any atom is -0.502 e. The molecule has 0 spiro atoms. The number of sulfone groups is 1. The van der Waals surface area contributed by atoms with Crippen LogP contribution in [0, 0.1) is 6.92 Å². The molecule has 3 aromatic rings. The summed E-state index contributed by atoms with van der Waals surface area (Å²) in [6, 6.07) is 20.4. The lowest BCUT2D eigenvalue weighted by molar-refractivity contribution is -0.117. The zero-order valence-electron chi connectivity index (χ0n) is 19.8. The van der Waals surface area contributed by atoms with Crippen molar-refractivity contribution in [1.82, 2.24) is 0 Å². The summed E-state index contributed by atoms with van der Waals surface area (Å²) >= 11 is 0. The number of amides is 1. The summed E-state index contributed by atoms with van der Waals surface area (Å²) in [5, 5.41) is 10.9. The lowest BCUT2D eigenvalue weighted by Crippen LogP contribution is -2.31. The Bertz CT molecular complexity index is 1340. The monoisotopic (exact) mass is 475 g/mol. The van der Waals surface area contributed by atoms with E-state index in [0.717, 1.165) is 23.1 Å². The standard InChI is InChI=1S/C28H29NO4S/c1-5-20-8-10-22(11-9-20)25-27(34(32,33)24-16-6-19(4)7-17-24)26(30)28(31)29(25)23-14-12-21(13-15-23)18(2)3/h6-18,25,30H,5H2,1-4H3/t25-/m0/s1. The molecule has 0 saturated carbocycles. The second-order valence-corrected chi connectivity index (χ2v) is 10.9. The van der Waals surface area contributed by atoms with Crippen LogP contribution in [0.5, 0.6) is 0 Å². The summed E-state index contributed by atoms with van der Waals surface area (Å²) in [4.78, 5) is 14.5. The van der Waals surface area contributed by atoms with E-state index in [4.69, 9.17) is 0 Å². The highest BCUT2D eigenvalue weighted by Crippen LogP contribution is 2.45. The SMILES string of the molecule is CCc1ccc([C@H]2C(S(=O)(=O)c3ccc(C)cc3)=C(O)C(=O)N2c2ccc(C(C)C)cc2)cc1. The molecule has 1 aliphatic heterocycles. The van der Waals surface area contributed by atoms with E-state index in [-0.39, 0.29) is 9.80 Å². The maximum absolute atomic E-state index is 13.7. The van der Waals surface area contributed by atoms with E-state index in [1.54, 1.807) is 24.3 Å². The molecule has 34 heavy (non-hydrogen) atoms. The van der Waals surface area contributed by atoms with Crippen molar-refractivity contribution >= 4 is 21.4 Å². The van der Waals surface area contributed by atoms with Crippen molar-refractivity contribution in [2.45, 2.75) is 51.0 Å². The summed E-state index contributed by atoms with van der Waals surface area (Å²) in [5.41, 5.74) is 4.26. The molecular weight excluding hydrogens is 446 g/mol. The third-order valence-corrected chi connectivity index (χ3v) is 8.21. The maximum Gasteiger partial charge on any atom is 0.295 e. The van der Waals surface area contributed by atoms with Crippen molar-refractivity contribution in [3.8, 4) is 0 Å². The first kappa shape index (κ1) is 23.8. The molecule has 1 heterocycles. The van der Waals surface area contributed by atoms with E-state index in [1.807, 2.05) is 50.2 Å². The van der Waals surface area contributed by atoms with Crippen molar-refractivity contribution in [2.75, 3.05) is 4.90 Å². The average Bonchev–Trinajstić information content (AvgIpc) is 3.10. The molecular formula is C28H29NO4S. The number of nitrogens with zero attached hydrogens (tertiary/aromatic N) is 1. The Morgan fingerprint density at radius 3 is 2.03 bits per heavy atom. The number of carbonyl (C=O) groups excluding carboxylic acids is 1. The molecule has 0 radical (unpaired) electrons. The second-order valence-electron chi connectivity index (χ2n) is 8.95. The van der Waals surface area contributed by atoms with Gasteiger partial charge in [-0.15, -0.1) is 0 Å². The third-order valence-electron chi connectivity index (χ3n) is 6.32. The lowest BCUT2D eigenvalue weighted by atomic mass is 10.0. The summed E-state index contributed by atoms with van der Waals surface area (Å²) in [6.07, 6.45) is 0.833. The Balaban J connectivity index is 1.89. The zero-order valence-corrected chi connectivity index (χ0v) is 20.6. The van der Waals surface area contributed by atoms with Crippen molar-refractivity contribution in [3.63, 3.8) is 0 Å². The van der Waals surface area contributed by atoms with Crippen molar-refractivity contribution in [2.24, 2.45) is 0 Å². The largest absolute Gasteiger partial charge is 0.502 e. The number of hydrogen-bond donors (Lipinski definition) is 1. The molecule has 0 aromatic heterocycles. The molecule has 0 unspecified atom stereocenters. The maximum atomic E-state index is 13.7. The van der Waals surface area contributed by atoms with Gasteiger partial charge in [0.2, 0.25) is 9.84 Å². The topological polar surface area (TPSA) is 74.7 Å². The number of anilines is 1. The lowest BCUT2D eigenvalue weighted by Gasteiger charge is -2.27. The van der Waals surface area contributed by atoms with Gasteiger partial charge in [0.05, 0.1) is 4.90 Å². The van der Waals surface area contributed by atoms with Crippen molar-refractivity contribution in [3.05, 3.63) is 106 Å². The number of benzene rings is 3. The smallest absolute Gasteiger partial charge is 0.295 e. The van der Waals surface area contributed by atoms with Crippen LogP contribution in [0.2, 0.25) is 0 Å². The Morgan fingerprint density at radius 1 is 0.912 bits per heavy atom. The summed E-state index contributed by atoms with van der Waals surface area (Å²) in [7, 11) is -4.15. The minimum atomic E-state index is -4.15. The van der Waals surface area contributed by atoms with E-state index in [0.29, 0.717) is 17.2 Å². The molecule has 6 heteroatoms. The highest BCUT2D eigenvalue weighted by Gasteiger charge is 2.47. The molecule has 1 aliphatic rings. The van der Waals surface area contributed by atoms with Gasteiger partial charge < -0.3 is 5.11 Å². The van der Waals surface area contributed by atoms with E-state index >= 15 is 0 Å². The van der Waals surface area contributed by atoms with Gasteiger partial charge in [-0.25, -0.2) is 8.42 Å². The van der Waals surface area contributed by atoms with Gasteiger partial charge in [-0.05, 0) is 60.2 Å². The molecule has 1 N–H and O–H groups in total. The van der Waals surface area contributed by atoms with Crippen molar-refractivity contribution < 1.29 is 18.3 Å². The zero-order chi connectivity index (χ0) is 24.6. The van der Waals surface area contributed by atoms with Crippen LogP contribution in [-0.4, -0.2) is 19.4 Å². The molecule has 0 saturated heterocycles. The number of aliphatic hydroxyl groups excluding tert-OH is 1. The molecule has 1 amide bonds. The molecule has 0 bridgehead atoms. The van der Waals surface area contributed by atoms with Gasteiger partial charge in [0, 0.05) is 5.69 Å². The highest BCUT2D eigenvalue weighted by atomic mass is 32.2. The third kappa shape index (κ3) is 4.14. The molecule has 176 valence electrons. The summed E-state index contributed by atoms with van der Waals surface area (Å²) < 4.78 is 27.5. The molecule has 3 aromatic carbocycles. The fourth-order valence-corrected chi connectivity index (χ4v) is 5.85. The Morgan fingerprint density at radius 2 is 1.50 bits per heavy atom. The van der Waals surface area contributed by atoms with E-state index in [1.165, 1.54) is 17.0 Å². The van der Waals surface area contributed by atoms with Crippen LogP contribution in [0.3, 0.4) is 0 Å². The Hall–Kier alpha value is -3.38. The number of rotatable bonds is 6. The van der Waals surface area contributed by atoms with Gasteiger partial charge in [-0.2, -0.15) is 0 Å². The first-order valence-corrected chi connectivity index (χ1v) is 12.9. The fourth-order valence-electron chi connectivity index (χ4n) is 4.22. The number of aryl methyl sites for hydroxylation is 2. The number of carbonyl (C=O) groups is 1. The van der Waals surface area contributed by atoms with Crippen molar-refractivity contribution in [1.29, 1.82) is 0 Å². The highest BCUT2D eigenvalue weighted by molar-refractivity contribution is 7.95. The Kier molecular flexibility index (Phi) is 6.36. The molecule has 1 atom stereocenters. The number of aliphatic hydroxyl groups is 1. The van der Waals surface area contributed by atoms with Gasteiger partial charge in [0.25, 0.3) is 5.91 Å². The predicted octanol–water partition coefficient (Wildman–Crippen LogP) is 6.01. The van der Waals surface area contributed by atoms with E-state index < -0.39 is 27.5 Å². The Labute approximate surface area is 201 Å². The van der Waals surface area contributed by atoms with Gasteiger partial charge in [-0.3, -0.25) is 9.69 Å².